The fraction of sp³-hybridized carbons (Fsp3) is 0.130. The Hall–Kier alpha value is -3.71. The van der Waals surface area contributed by atoms with E-state index in [1.54, 1.807) is 31.3 Å². The third kappa shape index (κ3) is 3.53. The summed E-state index contributed by atoms with van der Waals surface area (Å²) >= 11 is 6.16. The second-order valence-electron chi connectivity index (χ2n) is 7.19. The van der Waals surface area contributed by atoms with Crippen LogP contribution in [-0.2, 0) is 9.59 Å². The number of nitrogens with one attached hydrogen (secondary N) is 1. The molecule has 0 radical (unpaired) electrons. The number of aryl methyl sites for hydroxylation is 1. The molecule has 1 fully saturated rings. The van der Waals surface area contributed by atoms with E-state index < -0.39 is 17.8 Å². The lowest BCUT2D eigenvalue weighted by Crippen LogP contribution is -2.54. The van der Waals surface area contributed by atoms with Crippen molar-refractivity contribution in [3.8, 4) is 5.82 Å². The molecule has 1 aromatic carbocycles. The number of imide groups is 2. The number of aromatic nitrogens is 2. The van der Waals surface area contributed by atoms with Crippen molar-refractivity contribution in [2.24, 2.45) is 0 Å². The van der Waals surface area contributed by atoms with Crippen molar-refractivity contribution >= 4 is 41.2 Å². The number of amides is 4. The molecule has 0 bridgehead atoms. The van der Waals surface area contributed by atoms with Crippen LogP contribution < -0.4 is 10.2 Å². The molecule has 0 atom stereocenters. The second kappa shape index (κ2) is 7.85. The predicted molar refractivity (Wildman–Crippen MR) is 118 cm³/mol. The Labute approximate surface area is 184 Å². The van der Waals surface area contributed by atoms with Gasteiger partial charge in [0, 0.05) is 22.6 Å². The molecule has 4 rings (SSSR count). The van der Waals surface area contributed by atoms with Crippen LogP contribution in [0.25, 0.3) is 11.9 Å². The third-order valence-corrected chi connectivity index (χ3v) is 5.64. The minimum absolute atomic E-state index is 0.139. The van der Waals surface area contributed by atoms with Gasteiger partial charge in [-0.3, -0.25) is 14.9 Å². The van der Waals surface area contributed by atoms with E-state index in [4.69, 9.17) is 11.6 Å². The first kappa shape index (κ1) is 20.6. The zero-order chi connectivity index (χ0) is 22.3. The minimum Gasteiger partial charge on any atom is -0.303 e. The van der Waals surface area contributed by atoms with Gasteiger partial charge >= 0.3 is 6.03 Å². The Morgan fingerprint density at radius 3 is 2.52 bits per heavy atom. The van der Waals surface area contributed by atoms with Gasteiger partial charge in [-0.05, 0) is 68.3 Å². The summed E-state index contributed by atoms with van der Waals surface area (Å²) in [6.45, 7) is 5.50. The molecular weight excluding hydrogens is 416 g/mol. The number of hydrogen-bond acceptors (Lipinski definition) is 4. The summed E-state index contributed by atoms with van der Waals surface area (Å²) in [6, 6.07) is 11.6. The summed E-state index contributed by atoms with van der Waals surface area (Å²) in [4.78, 5) is 43.5. The first-order chi connectivity index (χ1) is 14.8. The Bertz CT molecular complexity index is 1260. The Morgan fingerprint density at radius 1 is 1.03 bits per heavy atom. The molecule has 8 heteroatoms. The predicted octanol–water partition coefficient (Wildman–Crippen LogP) is 4.12. The van der Waals surface area contributed by atoms with Gasteiger partial charge in [0.05, 0.1) is 5.69 Å². The van der Waals surface area contributed by atoms with Crippen LogP contribution >= 0.6 is 11.6 Å². The van der Waals surface area contributed by atoms with Gasteiger partial charge in [0.15, 0.2) is 0 Å². The van der Waals surface area contributed by atoms with Crippen LogP contribution in [0.1, 0.15) is 22.5 Å². The Kier molecular flexibility index (Phi) is 5.20. The fourth-order valence-electron chi connectivity index (χ4n) is 3.64. The van der Waals surface area contributed by atoms with Crippen molar-refractivity contribution in [2.75, 3.05) is 4.90 Å². The van der Waals surface area contributed by atoms with E-state index in [1.807, 2.05) is 42.7 Å². The molecule has 0 saturated carbocycles. The van der Waals surface area contributed by atoms with Crippen LogP contribution in [0.15, 0.2) is 54.2 Å². The molecule has 1 saturated heterocycles. The van der Waals surface area contributed by atoms with Crippen molar-refractivity contribution in [3.05, 3.63) is 81.8 Å². The Morgan fingerprint density at radius 2 is 1.81 bits per heavy atom. The van der Waals surface area contributed by atoms with Gasteiger partial charge in [-0.1, -0.05) is 23.7 Å². The fourth-order valence-corrected chi connectivity index (χ4v) is 3.81. The minimum atomic E-state index is -0.809. The molecule has 0 unspecified atom stereocenters. The smallest absolute Gasteiger partial charge is 0.303 e. The first-order valence-corrected chi connectivity index (χ1v) is 9.94. The number of nitrogens with zero attached hydrogens (tertiary/aromatic N) is 3. The van der Waals surface area contributed by atoms with Crippen molar-refractivity contribution in [2.45, 2.75) is 20.8 Å². The largest absolute Gasteiger partial charge is 0.335 e. The number of barbiturate groups is 1. The maximum absolute atomic E-state index is 13.2. The molecule has 1 aliphatic heterocycles. The number of halogens is 1. The van der Waals surface area contributed by atoms with Crippen LogP contribution in [0.4, 0.5) is 10.5 Å². The summed E-state index contributed by atoms with van der Waals surface area (Å²) in [5, 5.41) is 2.66. The average Bonchev–Trinajstić information content (AvgIpc) is 3.02. The van der Waals surface area contributed by atoms with Crippen LogP contribution in [0, 0.1) is 20.8 Å². The molecule has 3 aromatic rings. The highest BCUT2D eigenvalue weighted by Crippen LogP contribution is 2.30. The molecule has 7 nitrogen and oxygen atoms in total. The maximum Gasteiger partial charge on any atom is 0.335 e. The van der Waals surface area contributed by atoms with Gasteiger partial charge in [0.25, 0.3) is 11.8 Å². The van der Waals surface area contributed by atoms with Crippen LogP contribution in [-0.4, -0.2) is 27.4 Å². The quantitative estimate of drug-likeness (QED) is 0.496. The number of anilines is 1. The van der Waals surface area contributed by atoms with Crippen LogP contribution in [0.5, 0.6) is 0 Å². The highest BCUT2D eigenvalue weighted by Gasteiger charge is 2.37. The molecule has 0 aliphatic carbocycles. The summed E-state index contributed by atoms with van der Waals surface area (Å²) < 4.78 is 1.93. The maximum atomic E-state index is 13.2. The summed E-state index contributed by atoms with van der Waals surface area (Å²) in [5.74, 6) is -0.719. The van der Waals surface area contributed by atoms with Crippen molar-refractivity contribution < 1.29 is 14.4 Å². The standard InChI is InChI=1S/C23H19ClN4O3/c1-13-11-16(15(3)27(13)20-9-4-5-10-25-20)12-17-21(29)26-23(31)28(22(17)30)19-8-6-7-18(24)14(19)2/h4-12H,1-3H3,(H,26,29,31)/b17-12+. The zero-order valence-electron chi connectivity index (χ0n) is 17.1. The summed E-state index contributed by atoms with van der Waals surface area (Å²) in [7, 11) is 0. The molecule has 3 heterocycles. The van der Waals surface area contributed by atoms with Gasteiger partial charge in [-0.15, -0.1) is 0 Å². The third-order valence-electron chi connectivity index (χ3n) is 5.23. The highest BCUT2D eigenvalue weighted by atomic mass is 35.5. The molecule has 1 N–H and O–H groups in total. The lowest BCUT2D eigenvalue weighted by Gasteiger charge is -2.27. The molecule has 156 valence electrons. The number of pyridine rings is 1. The summed E-state index contributed by atoms with van der Waals surface area (Å²) in [6.07, 6.45) is 3.19. The van der Waals surface area contributed by atoms with Gasteiger partial charge in [0.2, 0.25) is 0 Å². The van der Waals surface area contributed by atoms with E-state index >= 15 is 0 Å². The number of benzene rings is 1. The average molecular weight is 435 g/mol. The van der Waals surface area contributed by atoms with Gasteiger partial charge in [-0.2, -0.15) is 0 Å². The van der Waals surface area contributed by atoms with Gasteiger partial charge in [0.1, 0.15) is 11.4 Å². The monoisotopic (exact) mass is 434 g/mol. The van der Waals surface area contributed by atoms with E-state index in [-0.39, 0.29) is 5.57 Å². The molecule has 2 aromatic heterocycles. The lowest BCUT2D eigenvalue weighted by atomic mass is 10.1. The molecule has 31 heavy (non-hydrogen) atoms. The second-order valence-corrected chi connectivity index (χ2v) is 7.60. The molecular formula is C23H19ClN4O3. The zero-order valence-corrected chi connectivity index (χ0v) is 17.9. The van der Waals surface area contributed by atoms with Crippen molar-refractivity contribution in [1.82, 2.24) is 14.9 Å². The van der Waals surface area contributed by atoms with E-state index in [0.717, 1.165) is 22.1 Å². The number of rotatable bonds is 3. The van der Waals surface area contributed by atoms with Gasteiger partial charge in [-0.25, -0.2) is 14.7 Å². The van der Waals surface area contributed by atoms with E-state index in [9.17, 15) is 14.4 Å². The molecule has 1 aliphatic rings. The summed E-state index contributed by atoms with van der Waals surface area (Å²) in [5.41, 5.74) is 3.14. The van der Waals surface area contributed by atoms with Gasteiger partial charge < -0.3 is 4.57 Å². The van der Waals surface area contributed by atoms with Crippen LogP contribution in [0.2, 0.25) is 5.02 Å². The molecule has 0 spiro atoms. The van der Waals surface area contributed by atoms with Crippen molar-refractivity contribution in [1.29, 1.82) is 0 Å². The van der Waals surface area contributed by atoms with E-state index in [0.29, 0.717) is 21.8 Å². The first-order valence-electron chi connectivity index (χ1n) is 9.56. The number of hydrogen-bond donors (Lipinski definition) is 1. The SMILES string of the molecule is Cc1c(Cl)cccc1N1C(=O)NC(=O)/C(=C\c2cc(C)n(-c3ccccn3)c2C)C1=O. The lowest BCUT2D eigenvalue weighted by molar-refractivity contribution is -0.122. The molecule has 4 amide bonds. The van der Waals surface area contributed by atoms with E-state index in [2.05, 4.69) is 10.3 Å². The highest BCUT2D eigenvalue weighted by molar-refractivity contribution is 6.40. The van der Waals surface area contributed by atoms with Crippen molar-refractivity contribution in [3.63, 3.8) is 0 Å². The van der Waals surface area contributed by atoms with Crippen LogP contribution in [0.3, 0.4) is 0 Å². The normalized spacial score (nSPS) is 15.5. The Balaban J connectivity index is 1.79. The number of carbonyl (C=O) groups excluding carboxylic acids is 3. The number of carbonyl (C=O) groups is 3. The van der Waals surface area contributed by atoms with E-state index in [1.165, 1.54) is 6.08 Å². The topological polar surface area (TPSA) is 84.3 Å². The number of urea groups is 1.